The van der Waals surface area contributed by atoms with Crippen LogP contribution in [0.15, 0.2) is 0 Å². The van der Waals surface area contributed by atoms with Crippen LogP contribution >= 0.6 is 0 Å². The molecule has 1 rings (SSSR count). The minimum absolute atomic E-state index is 0.268. The third kappa shape index (κ3) is 11.4. The number of carboxylic acid groups (broad SMARTS) is 1. The molecule has 0 spiro atoms. The van der Waals surface area contributed by atoms with Crippen LogP contribution in [0.3, 0.4) is 0 Å². The molecule has 1 aliphatic rings. The van der Waals surface area contributed by atoms with E-state index in [4.69, 9.17) is 9.47 Å². The summed E-state index contributed by atoms with van der Waals surface area (Å²) in [5.74, 6) is -0.712. The fourth-order valence-electron chi connectivity index (χ4n) is 2.97. The average molecular weight is 386 g/mol. The van der Waals surface area contributed by atoms with E-state index in [-0.39, 0.29) is 6.42 Å². The Morgan fingerprint density at radius 2 is 1.74 bits per heavy atom. The molecule has 0 bridgehead atoms. The van der Waals surface area contributed by atoms with Crippen molar-refractivity contribution in [2.24, 2.45) is 5.92 Å². The van der Waals surface area contributed by atoms with Crippen molar-refractivity contribution in [1.29, 1.82) is 0 Å². The quantitative estimate of drug-likeness (QED) is 0.523. The molecule has 2 amide bonds. The first-order chi connectivity index (χ1) is 12.7. The molecule has 0 aromatic heterocycles. The summed E-state index contributed by atoms with van der Waals surface area (Å²) in [4.78, 5) is 34.7. The van der Waals surface area contributed by atoms with Gasteiger partial charge in [0.05, 0.1) is 6.61 Å². The van der Waals surface area contributed by atoms with Crippen molar-refractivity contribution >= 4 is 18.2 Å². The maximum absolute atomic E-state index is 11.8. The SMILES string of the molecule is CC(C)(C)OC(=O)NCCCCC(NC(=O)OCC1CCCCC1)C(=O)O. The van der Waals surface area contributed by atoms with Gasteiger partial charge in [-0.25, -0.2) is 14.4 Å². The summed E-state index contributed by atoms with van der Waals surface area (Å²) >= 11 is 0. The number of rotatable bonds is 9. The molecule has 8 heteroatoms. The molecule has 1 aliphatic carbocycles. The summed E-state index contributed by atoms with van der Waals surface area (Å²) < 4.78 is 10.3. The fourth-order valence-corrected chi connectivity index (χ4v) is 2.97. The molecule has 156 valence electrons. The Kier molecular flexibility index (Phi) is 9.96. The Hall–Kier alpha value is -1.99. The average Bonchev–Trinajstić information content (AvgIpc) is 2.57. The van der Waals surface area contributed by atoms with Gasteiger partial charge < -0.3 is 25.2 Å². The van der Waals surface area contributed by atoms with Gasteiger partial charge >= 0.3 is 18.2 Å². The number of nitrogens with one attached hydrogen (secondary N) is 2. The minimum atomic E-state index is -1.09. The molecule has 8 nitrogen and oxygen atoms in total. The number of carbonyl (C=O) groups excluding carboxylic acids is 2. The first-order valence-corrected chi connectivity index (χ1v) is 9.80. The van der Waals surface area contributed by atoms with Gasteiger partial charge in [-0.05, 0) is 58.8 Å². The van der Waals surface area contributed by atoms with E-state index < -0.39 is 29.8 Å². The summed E-state index contributed by atoms with van der Waals surface area (Å²) in [6, 6.07) is -0.995. The molecule has 0 aromatic rings. The van der Waals surface area contributed by atoms with Crippen molar-refractivity contribution in [2.45, 2.75) is 83.8 Å². The standard InChI is InChI=1S/C19H34N2O6/c1-19(2,3)27-17(24)20-12-8-7-11-15(16(22)23)21-18(25)26-13-14-9-5-4-6-10-14/h14-15H,4-13H2,1-3H3,(H,20,24)(H,21,25)(H,22,23). The minimum Gasteiger partial charge on any atom is -0.480 e. The number of amides is 2. The van der Waals surface area contributed by atoms with Crippen LogP contribution in [0.1, 0.15) is 72.1 Å². The van der Waals surface area contributed by atoms with Gasteiger partial charge in [-0.1, -0.05) is 19.3 Å². The molecule has 1 atom stereocenters. The highest BCUT2D eigenvalue weighted by molar-refractivity contribution is 5.79. The summed E-state index contributed by atoms with van der Waals surface area (Å²) in [5.41, 5.74) is -0.555. The van der Waals surface area contributed by atoms with Crippen molar-refractivity contribution in [1.82, 2.24) is 10.6 Å². The number of unbranched alkanes of at least 4 members (excludes halogenated alkanes) is 1. The van der Waals surface area contributed by atoms with Crippen LogP contribution in [-0.4, -0.2) is 48.1 Å². The van der Waals surface area contributed by atoms with Gasteiger partial charge in [-0.3, -0.25) is 0 Å². The predicted molar refractivity (Wildman–Crippen MR) is 101 cm³/mol. The first-order valence-electron chi connectivity index (χ1n) is 9.80. The second-order valence-electron chi connectivity index (χ2n) is 8.06. The second-order valence-corrected chi connectivity index (χ2v) is 8.06. The molecule has 0 radical (unpaired) electrons. The van der Waals surface area contributed by atoms with Crippen LogP contribution in [0.5, 0.6) is 0 Å². The lowest BCUT2D eigenvalue weighted by Crippen LogP contribution is -2.41. The van der Waals surface area contributed by atoms with Crippen LogP contribution in [0.2, 0.25) is 0 Å². The molecular weight excluding hydrogens is 352 g/mol. The summed E-state index contributed by atoms with van der Waals surface area (Å²) in [6.07, 6.45) is 5.87. The summed E-state index contributed by atoms with van der Waals surface area (Å²) in [5, 5.41) is 14.3. The van der Waals surface area contributed by atoms with Crippen LogP contribution in [-0.2, 0) is 14.3 Å². The Labute approximate surface area is 161 Å². The molecule has 1 saturated carbocycles. The lowest BCUT2D eigenvalue weighted by atomic mass is 9.90. The molecule has 0 heterocycles. The van der Waals surface area contributed by atoms with E-state index in [1.165, 1.54) is 6.42 Å². The zero-order valence-corrected chi connectivity index (χ0v) is 16.7. The first kappa shape index (κ1) is 23.0. The van der Waals surface area contributed by atoms with Crippen LogP contribution in [0, 0.1) is 5.92 Å². The van der Waals surface area contributed by atoms with Crippen molar-refractivity contribution in [3.05, 3.63) is 0 Å². The normalized spacial score (nSPS) is 16.3. The third-order valence-electron chi connectivity index (χ3n) is 4.35. The molecule has 1 fully saturated rings. The van der Waals surface area contributed by atoms with E-state index >= 15 is 0 Å². The number of carbonyl (C=O) groups is 3. The third-order valence-corrected chi connectivity index (χ3v) is 4.35. The van der Waals surface area contributed by atoms with Gasteiger partial charge in [-0.15, -0.1) is 0 Å². The Morgan fingerprint density at radius 1 is 1.07 bits per heavy atom. The molecule has 0 aromatic carbocycles. The van der Waals surface area contributed by atoms with Crippen molar-refractivity contribution < 1.29 is 29.0 Å². The number of carboxylic acids is 1. The van der Waals surface area contributed by atoms with Gasteiger partial charge in [0.25, 0.3) is 0 Å². The highest BCUT2D eigenvalue weighted by Crippen LogP contribution is 2.23. The molecule has 1 unspecified atom stereocenters. The number of aliphatic carboxylic acids is 1. The highest BCUT2D eigenvalue weighted by Gasteiger charge is 2.22. The number of hydrogen-bond acceptors (Lipinski definition) is 5. The van der Waals surface area contributed by atoms with E-state index in [9.17, 15) is 19.5 Å². The smallest absolute Gasteiger partial charge is 0.407 e. The molecule has 27 heavy (non-hydrogen) atoms. The molecule has 0 aliphatic heterocycles. The number of hydrogen-bond donors (Lipinski definition) is 3. The maximum Gasteiger partial charge on any atom is 0.407 e. The number of alkyl carbamates (subject to hydrolysis) is 2. The Balaban J connectivity index is 2.20. The fraction of sp³-hybridized carbons (Fsp3) is 0.842. The van der Waals surface area contributed by atoms with Crippen LogP contribution in [0.25, 0.3) is 0 Å². The van der Waals surface area contributed by atoms with E-state index in [0.29, 0.717) is 31.9 Å². The van der Waals surface area contributed by atoms with Crippen LogP contribution < -0.4 is 10.6 Å². The molecular formula is C19H34N2O6. The van der Waals surface area contributed by atoms with Crippen molar-refractivity contribution in [3.8, 4) is 0 Å². The van der Waals surface area contributed by atoms with E-state index in [0.717, 1.165) is 25.7 Å². The second kappa shape index (κ2) is 11.7. The van der Waals surface area contributed by atoms with Gasteiger partial charge in [0.1, 0.15) is 11.6 Å². The lowest BCUT2D eigenvalue weighted by molar-refractivity contribution is -0.139. The zero-order valence-electron chi connectivity index (χ0n) is 16.7. The Morgan fingerprint density at radius 3 is 2.33 bits per heavy atom. The summed E-state index contributed by atoms with van der Waals surface area (Å²) in [7, 11) is 0. The van der Waals surface area contributed by atoms with Gasteiger partial charge in [0, 0.05) is 6.54 Å². The number of ether oxygens (including phenoxy) is 2. The van der Waals surface area contributed by atoms with Gasteiger partial charge in [0.2, 0.25) is 0 Å². The van der Waals surface area contributed by atoms with Gasteiger partial charge in [-0.2, -0.15) is 0 Å². The summed E-state index contributed by atoms with van der Waals surface area (Å²) in [6.45, 7) is 6.07. The monoisotopic (exact) mass is 386 g/mol. The topological polar surface area (TPSA) is 114 Å². The lowest BCUT2D eigenvalue weighted by Gasteiger charge is -2.22. The zero-order chi connectivity index (χ0) is 20.3. The Bertz CT molecular complexity index is 483. The predicted octanol–water partition coefficient (Wildman–Crippen LogP) is 3.44. The van der Waals surface area contributed by atoms with Gasteiger partial charge in [0.15, 0.2) is 0 Å². The van der Waals surface area contributed by atoms with E-state index in [2.05, 4.69) is 10.6 Å². The largest absolute Gasteiger partial charge is 0.480 e. The molecule has 3 N–H and O–H groups in total. The van der Waals surface area contributed by atoms with Crippen LogP contribution in [0.4, 0.5) is 9.59 Å². The van der Waals surface area contributed by atoms with E-state index in [1.54, 1.807) is 20.8 Å². The molecule has 0 saturated heterocycles. The van der Waals surface area contributed by atoms with Crippen molar-refractivity contribution in [3.63, 3.8) is 0 Å². The highest BCUT2D eigenvalue weighted by atomic mass is 16.6. The van der Waals surface area contributed by atoms with Crippen molar-refractivity contribution in [2.75, 3.05) is 13.2 Å². The maximum atomic E-state index is 11.8. The van der Waals surface area contributed by atoms with E-state index in [1.807, 2.05) is 0 Å².